The van der Waals surface area contributed by atoms with Crippen molar-refractivity contribution in [1.29, 1.82) is 0 Å². The van der Waals surface area contributed by atoms with Crippen LogP contribution in [-0.2, 0) is 4.74 Å². The van der Waals surface area contributed by atoms with E-state index in [0.29, 0.717) is 9.90 Å². The number of thiophene rings is 1. The highest BCUT2D eigenvalue weighted by molar-refractivity contribution is 7.22. The molecule has 72 valence electrons. The van der Waals surface area contributed by atoms with Crippen LogP contribution in [0.5, 0.6) is 0 Å². The maximum Gasteiger partial charge on any atom is 0.338 e. The van der Waals surface area contributed by atoms with E-state index in [-0.39, 0.29) is 5.97 Å². The normalized spacial score (nSPS) is 10.4. The number of ether oxygens (including phenoxy) is 1. The average Bonchev–Trinajstić information content (AvgIpc) is 2.56. The van der Waals surface area contributed by atoms with Gasteiger partial charge in [-0.25, -0.2) is 4.79 Å². The molecule has 4 heteroatoms. The molecule has 1 aromatic carbocycles. The minimum atomic E-state index is -0.329. The van der Waals surface area contributed by atoms with Gasteiger partial charge in [0.1, 0.15) is 0 Å². The van der Waals surface area contributed by atoms with Crippen molar-refractivity contribution in [2.24, 2.45) is 0 Å². The van der Waals surface area contributed by atoms with E-state index >= 15 is 0 Å². The van der Waals surface area contributed by atoms with Crippen LogP contribution >= 0.6 is 22.9 Å². The van der Waals surface area contributed by atoms with Crippen molar-refractivity contribution in [3.63, 3.8) is 0 Å². The number of benzene rings is 1. The highest BCUT2D eigenvalue weighted by Gasteiger charge is 2.11. The lowest BCUT2D eigenvalue weighted by Gasteiger charge is -1.99. The number of hydrogen-bond acceptors (Lipinski definition) is 3. The van der Waals surface area contributed by atoms with Gasteiger partial charge in [-0.15, -0.1) is 11.3 Å². The summed E-state index contributed by atoms with van der Waals surface area (Å²) in [5.74, 6) is -0.329. The molecule has 1 heterocycles. The summed E-state index contributed by atoms with van der Waals surface area (Å²) in [5.41, 5.74) is 0.563. The van der Waals surface area contributed by atoms with Crippen LogP contribution < -0.4 is 0 Å². The van der Waals surface area contributed by atoms with E-state index < -0.39 is 0 Å². The van der Waals surface area contributed by atoms with Crippen LogP contribution in [0.3, 0.4) is 0 Å². The Balaban J connectivity index is 2.70. The summed E-state index contributed by atoms with van der Waals surface area (Å²) >= 11 is 7.32. The van der Waals surface area contributed by atoms with Gasteiger partial charge in [0.05, 0.1) is 17.0 Å². The first-order chi connectivity index (χ1) is 6.72. The summed E-state index contributed by atoms with van der Waals surface area (Å²) in [6.07, 6.45) is 0. The van der Waals surface area contributed by atoms with Crippen molar-refractivity contribution in [2.75, 3.05) is 7.11 Å². The number of halogens is 1. The Hall–Kier alpha value is -1.06. The lowest BCUT2D eigenvalue weighted by Crippen LogP contribution is -2.00. The second-order valence-electron chi connectivity index (χ2n) is 2.76. The van der Waals surface area contributed by atoms with Crippen molar-refractivity contribution in [3.8, 4) is 0 Å². The van der Waals surface area contributed by atoms with Gasteiger partial charge in [0.15, 0.2) is 0 Å². The van der Waals surface area contributed by atoms with Crippen LogP contribution in [0.1, 0.15) is 10.4 Å². The Morgan fingerprint density at radius 1 is 1.50 bits per heavy atom. The number of rotatable bonds is 1. The average molecular weight is 227 g/mol. The lowest BCUT2D eigenvalue weighted by atomic mass is 10.1. The van der Waals surface area contributed by atoms with E-state index in [2.05, 4.69) is 4.74 Å². The van der Waals surface area contributed by atoms with Crippen molar-refractivity contribution >= 4 is 39.0 Å². The van der Waals surface area contributed by atoms with Crippen LogP contribution in [0.15, 0.2) is 24.3 Å². The summed E-state index contributed by atoms with van der Waals surface area (Å²) in [4.78, 5) is 11.4. The van der Waals surface area contributed by atoms with Gasteiger partial charge in [-0.1, -0.05) is 17.7 Å². The molecule has 0 N–H and O–H groups in total. The highest BCUT2D eigenvalue weighted by atomic mass is 35.5. The molecule has 0 amide bonds. The van der Waals surface area contributed by atoms with Gasteiger partial charge in [0, 0.05) is 10.1 Å². The highest BCUT2D eigenvalue weighted by Crippen LogP contribution is 2.31. The SMILES string of the molecule is COC(=O)c1cccc2sc(Cl)cc12. The van der Waals surface area contributed by atoms with Crippen molar-refractivity contribution < 1.29 is 9.53 Å². The third-order valence-corrected chi connectivity index (χ3v) is 3.17. The fraction of sp³-hybridized carbons (Fsp3) is 0.100. The van der Waals surface area contributed by atoms with Crippen LogP contribution in [0.25, 0.3) is 10.1 Å². The second kappa shape index (κ2) is 3.59. The summed E-state index contributed by atoms with van der Waals surface area (Å²) in [7, 11) is 1.37. The molecule has 0 fully saturated rings. The monoisotopic (exact) mass is 226 g/mol. The number of esters is 1. The Kier molecular flexibility index (Phi) is 2.44. The number of fused-ring (bicyclic) bond motifs is 1. The Morgan fingerprint density at radius 3 is 3.00 bits per heavy atom. The van der Waals surface area contributed by atoms with Gasteiger partial charge in [-0.3, -0.25) is 0 Å². The molecule has 0 bridgehead atoms. The first-order valence-electron chi connectivity index (χ1n) is 3.99. The van der Waals surface area contributed by atoms with Crippen LogP contribution in [0.4, 0.5) is 0 Å². The summed E-state index contributed by atoms with van der Waals surface area (Å²) < 4.78 is 6.35. The minimum Gasteiger partial charge on any atom is -0.465 e. The zero-order chi connectivity index (χ0) is 10.1. The van der Waals surface area contributed by atoms with E-state index in [1.54, 1.807) is 12.1 Å². The van der Waals surface area contributed by atoms with Crippen LogP contribution in [0.2, 0.25) is 4.34 Å². The van der Waals surface area contributed by atoms with Crippen molar-refractivity contribution in [1.82, 2.24) is 0 Å². The predicted octanol–water partition coefficient (Wildman–Crippen LogP) is 3.34. The zero-order valence-corrected chi connectivity index (χ0v) is 8.98. The molecule has 0 aliphatic rings. The smallest absolute Gasteiger partial charge is 0.338 e. The van der Waals surface area contributed by atoms with Crippen molar-refractivity contribution in [3.05, 3.63) is 34.2 Å². The number of hydrogen-bond donors (Lipinski definition) is 0. The standard InChI is InChI=1S/C10H7ClO2S/c1-13-10(12)6-3-2-4-8-7(6)5-9(11)14-8/h2-5H,1H3. The topological polar surface area (TPSA) is 26.3 Å². The summed E-state index contributed by atoms with van der Waals surface area (Å²) in [5, 5.41) is 0.856. The van der Waals surface area contributed by atoms with E-state index in [9.17, 15) is 4.79 Å². The van der Waals surface area contributed by atoms with Gasteiger partial charge in [0.25, 0.3) is 0 Å². The molecule has 2 nitrogen and oxygen atoms in total. The minimum absolute atomic E-state index is 0.329. The van der Waals surface area contributed by atoms with Gasteiger partial charge in [-0.2, -0.15) is 0 Å². The number of carbonyl (C=O) groups excluding carboxylic acids is 1. The quantitative estimate of drug-likeness (QED) is 0.698. The number of methoxy groups -OCH3 is 1. The summed E-state index contributed by atoms with van der Waals surface area (Å²) in [6, 6.07) is 7.27. The Labute approximate surface area is 90.1 Å². The third-order valence-electron chi connectivity index (χ3n) is 1.94. The lowest BCUT2D eigenvalue weighted by molar-refractivity contribution is 0.0603. The predicted molar refractivity (Wildman–Crippen MR) is 58.2 cm³/mol. The Morgan fingerprint density at radius 2 is 2.29 bits per heavy atom. The molecule has 0 atom stereocenters. The molecule has 0 saturated heterocycles. The van der Waals surface area contributed by atoms with E-state index in [4.69, 9.17) is 11.6 Å². The van der Waals surface area contributed by atoms with Gasteiger partial charge in [0.2, 0.25) is 0 Å². The molecule has 0 radical (unpaired) electrons. The maximum absolute atomic E-state index is 11.4. The largest absolute Gasteiger partial charge is 0.465 e. The molecular weight excluding hydrogens is 220 g/mol. The summed E-state index contributed by atoms with van der Waals surface area (Å²) in [6.45, 7) is 0. The van der Waals surface area contributed by atoms with Gasteiger partial charge >= 0.3 is 5.97 Å². The first kappa shape index (κ1) is 9.49. The van der Waals surface area contributed by atoms with Gasteiger partial charge in [-0.05, 0) is 18.2 Å². The molecule has 0 saturated carbocycles. The molecule has 0 unspecified atom stereocenters. The van der Waals surface area contributed by atoms with E-state index in [0.717, 1.165) is 10.1 Å². The zero-order valence-electron chi connectivity index (χ0n) is 7.41. The first-order valence-corrected chi connectivity index (χ1v) is 5.18. The van der Waals surface area contributed by atoms with Gasteiger partial charge < -0.3 is 4.74 Å². The molecule has 0 aliphatic heterocycles. The Bertz CT molecular complexity index is 490. The second-order valence-corrected chi connectivity index (χ2v) is 4.47. The fourth-order valence-corrected chi connectivity index (χ4v) is 2.49. The van der Waals surface area contributed by atoms with Crippen molar-refractivity contribution in [2.45, 2.75) is 0 Å². The third kappa shape index (κ3) is 1.49. The van der Waals surface area contributed by atoms with E-state index in [1.807, 2.05) is 12.1 Å². The molecule has 2 rings (SSSR count). The molecule has 2 aromatic rings. The molecule has 1 aromatic heterocycles. The molecular formula is C10H7ClO2S. The molecule has 0 aliphatic carbocycles. The van der Waals surface area contributed by atoms with E-state index in [1.165, 1.54) is 18.4 Å². The maximum atomic E-state index is 11.4. The molecule has 0 spiro atoms. The number of carbonyl (C=O) groups is 1. The van der Waals surface area contributed by atoms with Crippen LogP contribution in [-0.4, -0.2) is 13.1 Å². The fourth-order valence-electron chi connectivity index (χ4n) is 1.32. The molecule has 14 heavy (non-hydrogen) atoms. The van der Waals surface area contributed by atoms with Crippen LogP contribution in [0, 0.1) is 0 Å².